The molecule has 0 aromatic rings. The van der Waals surface area contributed by atoms with Gasteiger partial charge in [0.05, 0.1) is 0 Å². The van der Waals surface area contributed by atoms with Crippen LogP contribution in [0.4, 0.5) is 0 Å². The van der Waals surface area contributed by atoms with Crippen LogP contribution in [0.25, 0.3) is 0 Å². The number of hydrogen-bond donors (Lipinski definition) is 1. The molecule has 0 bridgehead atoms. The summed E-state index contributed by atoms with van der Waals surface area (Å²) >= 11 is 2.27. The van der Waals surface area contributed by atoms with Crippen molar-refractivity contribution < 1.29 is 4.79 Å². The minimum absolute atomic E-state index is 0.0208. The summed E-state index contributed by atoms with van der Waals surface area (Å²) in [7, 11) is 0. The molecular formula is C4H5NOSe. The Labute approximate surface area is 49.8 Å². The van der Waals surface area contributed by atoms with E-state index in [9.17, 15) is 4.79 Å². The first kappa shape index (κ1) is 4.88. The molecule has 0 aliphatic carbocycles. The Morgan fingerprint density at radius 3 is 2.71 bits per heavy atom. The van der Waals surface area contributed by atoms with Crippen LogP contribution in [0.3, 0.4) is 0 Å². The summed E-state index contributed by atoms with van der Waals surface area (Å²) in [6.45, 7) is 0. The standard InChI is InChI=1S/C4H5NOSe/c6-4-3(7)1-2-5-4/h1-3,7H,(H,5,6). The van der Waals surface area contributed by atoms with Crippen LogP contribution in [0.5, 0.6) is 0 Å². The topological polar surface area (TPSA) is 29.1 Å². The van der Waals surface area contributed by atoms with Gasteiger partial charge >= 0.3 is 49.1 Å². The number of carbonyl (C=O) groups excluding carboxylic acids is 1. The van der Waals surface area contributed by atoms with Crippen molar-refractivity contribution in [2.45, 2.75) is 4.82 Å². The van der Waals surface area contributed by atoms with Gasteiger partial charge in [-0.2, -0.15) is 0 Å². The summed E-state index contributed by atoms with van der Waals surface area (Å²) in [6.07, 6.45) is 3.47. The predicted molar refractivity (Wildman–Crippen MR) is 28.2 cm³/mol. The Bertz CT molecular complexity index is 121. The Hall–Kier alpha value is -0.271. The molecule has 0 radical (unpaired) electrons. The number of amides is 1. The number of hydrogen-bond acceptors (Lipinski definition) is 1. The summed E-state index contributed by atoms with van der Waals surface area (Å²) in [5.41, 5.74) is 0. The van der Waals surface area contributed by atoms with Crippen molar-refractivity contribution in [2.75, 3.05) is 0 Å². The van der Waals surface area contributed by atoms with E-state index in [0.717, 1.165) is 0 Å². The summed E-state index contributed by atoms with van der Waals surface area (Å²) in [5, 5.41) is 2.53. The summed E-state index contributed by atoms with van der Waals surface area (Å²) in [5.74, 6) is 0.0694. The van der Waals surface area contributed by atoms with Gasteiger partial charge in [0.2, 0.25) is 0 Å². The molecule has 1 atom stereocenters. The zero-order valence-electron chi connectivity index (χ0n) is 3.59. The van der Waals surface area contributed by atoms with Crippen LogP contribution < -0.4 is 5.32 Å². The van der Waals surface area contributed by atoms with Crippen molar-refractivity contribution >= 4 is 21.9 Å². The molecule has 1 aliphatic heterocycles. The first-order valence-corrected chi connectivity index (χ1v) is 3.04. The van der Waals surface area contributed by atoms with Crippen molar-refractivity contribution in [3.8, 4) is 0 Å². The van der Waals surface area contributed by atoms with Crippen LogP contribution in [-0.4, -0.2) is 21.9 Å². The van der Waals surface area contributed by atoms with Crippen LogP contribution in [0.2, 0.25) is 4.82 Å². The Morgan fingerprint density at radius 2 is 2.57 bits per heavy atom. The molecule has 0 spiro atoms. The maximum atomic E-state index is 10.4. The van der Waals surface area contributed by atoms with Crippen LogP contribution >= 0.6 is 0 Å². The number of rotatable bonds is 0. The molecule has 1 aliphatic rings. The molecule has 1 amide bonds. The van der Waals surface area contributed by atoms with E-state index in [0.29, 0.717) is 0 Å². The Morgan fingerprint density at radius 1 is 1.86 bits per heavy atom. The van der Waals surface area contributed by atoms with Gasteiger partial charge in [0.15, 0.2) is 0 Å². The molecule has 3 heteroatoms. The third kappa shape index (κ3) is 0.842. The third-order valence-corrected chi connectivity index (χ3v) is 1.63. The second-order valence-corrected chi connectivity index (χ2v) is 2.48. The normalized spacial score (nSPS) is 28.1. The van der Waals surface area contributed by atoms with Gasteiger partial charge in [0.25, 0.3) is 0 Å². The minimum atomic E-state index is 0.0208. The van der Waals surface area contributed by atoms with E-state index in [2.05, 4.69) is 21.3 Å². The van der Waals surface area contributed by atoms with Crippen molar-refractivity contribution in [3.05, 3.63) is 12.3 Å². The SMILES string of the molecule is O=C1NC=CC1[SeH]. The molecule has 0 fully saturated rings. The van der Waals surface area contributed by atoms with Crippen LogP contribution in [0, 0.1) is 0 Å². The molecule has 38 valence electrons. The zero-order chi connectivity index (χ0) is 5.28. The van der Waals surface area contributed by atoms with Gasteiger partial charge in [0.1, 0.15) is 0 Å². The number of nitrogens with one attached hydrogen (secondary N) is 1. The van der Waals surface area contributed by atoms with Crippen molar-refractivity contribution in [1.82, 2.24) is 5.32 Å². The molecule has 2 nitrogen and oxygen atoms in total. The fourth-order valence-corrected chi connectivity index (χ4v) is 0.731. The molecule has 1 rings (SSSR count). The van der Waals surface area contributed by atoms with E-state index in [4.69, 9.17) is 0 Å². The fraction of sp³-hybridized carbons (Fsp3) is 0.250. The van der Waals surface area contributed by atoms with Gasteiger partial charge < -0.3 is 0 Å². The summed E-state index contributed by atoms with van der Waals surface area (Å²) in [4.78, 5) is 10.4. The molecule has 0 saturated carbocycles. The van der Waals surface area contributed by atoms with Gasteiger partial charge in [-0.15, -0.1) is 0 Å². The van der Waals surface area contributed by atoms with E-state index < -0.39 is 0 Å². The van der Waals surface area contributed by atoms with Gasteiger partial charge in [-0.1, -0.05) is 0 Å². The van der Waals surface area contributed by atoms with Gasteiger partial charge in [-0.05, 0) is 0 Å². The fourth-order valence-electron chi connectivity index (χ4n) is 0.394. The van der Waals surface area contributed by atoms with Crippen molar-refractivity contribution in [2.24, 2.45) is 0 Å². The monoisotopic (exact) mass is 163 g/mol. The average molecular weight is 162 g/mol. The third-order valence-electron chi connectivity index (χ3n) is 0.773. The van der Waals surface area contributed by atoms with E-state index in [-0.39, 0.29) is 10.7 Å². The molecule has 0 aromatic heterocycles. The molecule has 1 heterocycles. The first-order valence-electron chi connectivity index (χ1n) is 1.96. The molecule has 1 N–H and O–H groups in total. The Balaban J connectivity index is 2.62. The quantitative estimate of drug-likeness (QED) is 0.470. The molecule has 1 unspecified atom stereocenters. The van der Waals surface area contributed by atoms with Gasteiger partial charge in [-0.25, -0.2) is 0 Å². The second-order valence-electron chi connectivity index (χ2n) is 1.31. The van der Waals surface area contributed by atoms with Crippen LogP contribution in [0.1, 0.15) is 0 Å². The van der Waals surface area contributed by atoms with Crippen LogP contribution in [0.15, 0.2) is 12.3 Å². The second kappa shape index (κ2) is 1.68. The van der Waals surface area contributed by atoms with E-state index >= 15 is 0 Å². The Kier molecular flexibility index (Phi) is 1.17. The molecule has 7 heavy (non-hydrogen) atoms. The van der Waals surface area contributed by atoms with Gasteiger partial charge in [0, 0.05) is 0 Å². The first-order chi connectivity index (χ1) is 3.30. The van der Waals surface area contributed by atoms with Crippen molar-refractivity contribution in [3.63, 3.8) is 0 Å². The van der Waals surface area contributed by atoms with E-state index in [1.807, 2.05) is 6.08 Å². The molecular weight excluding hydrogens is 157 g/mol. The zero-order valence-corrected chi connectivity index (χ0v) is 5.46. The van der Waals surface area contributed by atoms with Crippen molar-refractivity contribution in [1.29, 1.82) is 0 Å². The van der Waals surface area contributed by atoms with Crippen LogP contribution in [-0.2, 0) is 4.79 Å². The predicted octanol–water partition coefficient (Wildman–Crippen LogP) is -0.681. The maximum absolute atomic E-state index is 10.4. The molecule has 0 saturated heterocycles. The van der Waals surface area contributed by atoms with Gasteiger partial charge in [-0.3, -0.25) is 0 Å². The van der Waals surface area contributed by atoms with E-state index in [1.54, 1.807) is 6.20 Å². The number of carbonyl (C=O) groups is 1. The summed E-state index contributed by atoms with van der Waals surface area (Å²) in [6, 6.07) is 0. The average Bonchev–Trinajstić information content (AvgIpc) is 1.91. The molecule has 0 aromatic carbocycles. The van der Waals surface area contributed by atoms with E-state index in [1.165, 1.54) is 0 Å². The summed E-state index contributed by atoms with van der Waals surface area (Å²) < 4.78 is 0.